The van der Waals surface area contributed by atoms with Crippen molar-refractivity contribution >= 4 is 47.8 Å². The van der Waals surface area contributed by atoms with E-state index in [0.29, 0.717) is 11.4 Å². The van der Waals surface area contributed by atoms with E-state index in [9.17, 15) is 0 Å². The van der Waals surface area contributed by atoms with E-state index in [1.165, 1.54) is 11.3 Å². The first-order valence-corrected chi connectivity index (χ1v) is 7.78. The number of hydrogen-bond acceptors (Lipinski definition) is 8. The maximum atomic E-state index is 8.65. The number of aromatic nitrogens is 3. The van der Waals surface area contributed by atoms with Crippen LogP contribution in [0.3, 0.4) is 0 Å². The van der Waals surface area contributed by atoms with Crippen LogP contribution in [0.1, 0.15) is 11.4 Å². The normalized spacial score (nSPS) is 11.4. The number of amidine groups is 2. The van der Waals surface area contributed by atoms with E-state index >= 15 is 0 Å². The molecule has 0 aliphatic rings. The summed E-state index contributed by atoms with van der Waals surface area (Å²) in [6, 6.07) is 6.93. The molecular weight excluding hydrogens is 413 g/mol. The fourth-order valence-corrected chi connectivity index (χ4v) is 2.90. The molecule has 27 heavy (non-hydrogen) atoms. The van der Waals surface area contributed by atoms with Gasteiger partial charge in [0.25, 0.3) is 0 Å². The van der Waals surface area contributed by atoms with Gasteiger partial charge in [-0.1, -0.05) is 10.3 Å². The highest BCUT2D eigenvalue weighted by Gasteiger charge is 2.09. The first kappa shape index (κ1) is 22.1. The summed E-state index contributed by atoms with van der Waals surface area (Å²) < 4.78 is 0. The van der Waals surface area contributed by atoms with Gasteiger partial charge in [-0.3, -0.25) is 9.97 Å². The van der Waals surface area contributed by atoms with Crippen LogP contribution in [0.15, 0.2) is 53.2 Å². The van der Waals surface area contributed by atoms with Gasteiger partial charge in [0.2, 0.25) is 0 Å². The lowest BCUT2D eigenvalue weighted by atomic mass is 10.2. The Morgan fingerprint density at radius 1 is 0.778 bits per heavy atom. The monoisotopic (exact) mass is 427 g/mol. The van der Waals surface area contributed by atoms with Gasteiger partial charge in [-0.05, 0) is 24.3 Å². The molecule has 0 aromatic carbocycles. The smallest absolute Gasteiger partial charge is 0.188 e. The second kappa shape index (κ2) is 9.67. The van der Waals surface area contributed by atoms with Gasteiger partial charge in [-0.25, -0.2) is 4.98 Å². The number of pyridine rings is 2. The number of nitrogens with zero attached hydrogens (tertiary/aromatic N) is 5. The molecule has 0 fully saturated rings. The van der Waals surface area contributed by atoms with Crippen LogP contribution in [-0.4, -0.2) is 37.0 Å². The van der Waals surface area contributed by atoms with E-state index in [1.807, 2.05) is 6.07 Å². The highest BCUT2D eigenvalue weighted by molar-refractivity contribution is 7.18. The Bertz CT molecular complexity index is 868. The lowest BCUT2D eigenvalue weighted by molar-refractivity contribution is 0.318. The lowest BCUT2D eigenvalue weighted by Crippen LogP contribution is -2.14. The first-order valence-electron chi connectivity index (χ1n) is 6.97. The molecule has 0 bridgehead atoms. The molecule has 3 heterocycles. The predicted octanol–water partition coefficient (Wildman–Crippen LogP) is 2.30. The third kappa shape index (κ3) is 4.82. The summed E-state index contributed by atoms with van der Waals surface area (Å²) in [6.45, 7) is 0. The highest BCUT2D eigenvalue weighted by atomic mass is 35.5. The van der Waals surface area contributed by atoms with Crippen molar-refractivity contribution in [2.75, 3.05) is 0 Å². The Labute approximate surface area is 170 Å². The van der Waals surface area contributed by atoms with Gasteiger partial charge in [-0.2, -0.15) is 0 Å². The average molecular weight is 428 g/mol. The topological polar surface area (TPSA) is 156 Å². The highest BCUT2D eigenvalue weighted by Crippen LogP contribution is 2.31. The molecule has 6 N–H and O–H groups in total. The fraction of sp³-hybridized carbons (Fsp3) is 0. The zero-order valence-electron chi connectivity index (χ0n) is 13.6. The van der Waals surface area contributed by atoms with E-state index in [4.69, 9.17) is 21.9 Å². The van der Waals surface area contributed by atoms with Crippen LogP contribution in [0.5, 0.6) is 0 Å². The SMILES string of the molecule is Cl.Cl.N/C(=N\O)c1ccc(-c2cnc(-c3ccc(/C(N)=N\O)nc3)s2)cn1. The van der Waals surface area contributed by atoms with Crippen LogP contribution in [0.4, 0.5) is 0 Å². The van der Waals surface area contributed by atoms with Gasteiger partial charge < -0.3 is 21.9 Å². The van der Waals surface area contributed by atoms with Crippen molar-refractivity contribution in [3.05, 3.63) is 54.2 Å². The summed E-state index contributed by atoms with van der Waals surface area (Å²) in [4.78, 5) is 13.6. The number of rotatable bonds is 4. The summed E-state index contributed by atoms with van der Waals surface area (Å²) in [6.07, 6.45) is 4.97. The van der Waals surface area contributed by atoms with Crippen LogP contribution < -0.4 is 11.5 Å². The van der Waals surface area contributed by atoms with Gasteiger partial charge in [0.1, 0.15) is 16.4 Å². The molecule has 0 spiro atoms. The van der Waals surface area contributed by atoms with Crippen LogP contribution in [0.25, 0.3) is 21.0 Å². The number of halogens is 2. The van der Waals surface area contributed by atoms with E-state index in [1.54, 1.807) is 36.8 Å². The fourth-order valence-electron chi connectivity index (χ4n) is 2.01. The second-order valence-corrected chi connectivity index (χ2v) is 5.90. The number of oxime groups is 2. The molecule has 0 aliphatic carbocycles. The maximum Gasteiger partial charge on any atom is 0.188 e. The van der Waals surface area contributed by atoms with Crippen molar-refractivity contribution in [2.45, 2.75) is 0 Å². The molecule has 0 saturated heterocycles. The second-order valence-electron chi connectivity index (χ2n) is 4.86. The van der Waals surface area contributed by atoms with Crippen LogP contribution >= 0.6 is 36.2 Å². The summed E-state index contributed by atoms with van der Waals surface area (Å²) in [5, 5.41) is 23.9. The van der Waals surface area contributed by atoms with Gasteiger partial charge >= 0.3 is 0 Å². The molecular formula is C15H15Cl2N7O2S. The van der Waals surface area contributed by atoms with Crippen molar-refractivity contribution in [3.63, 3.8) is 0 Å². The Balaban J connectivity index is 0.00000182. The lowest BCUT2D eigenvalue weighted by Gasteiger charge is -2.00. The van der Waals surface area contributed by atoms with Crippen molar-refractivity contribution in [1.29, 1.82) is 0 Å². The molecule has 0 unspecified atom stereocenters. The number of thiazole rings is 1. The molecule has 3 aromatic rings. The molecule has 3 aromatic heterocycles. The van der Waals surface area contributed by atoms with Gasteiger partial charge in [0, 0.05) is 29.7 Å². The Kier molecular flexibility index (Phi) is 7.91. The molecule has 0 radical (unpaired) electrons. The van der Waals surface area contributed by atoms with Crippen molar-refractivity contribution < 1.29 is 10.4 Å². The summed E-state index contributed by atoms with van der Waals surface area (Å²) in [7, 11) is 0. The Hall–Kier alpha value is -2.95. The van der Waals surface area contributed by atoms with Crippen molar-refractivity contribution in [2.24, 2.45) is 21.8 Å². The molecule has 0 aliphatic heterocycles. The van der Waals surface area contributed by atoms with Crippen LogP contribution in [-0.2, 0) is 0 Å². The van der Waals surface area contributed by atoms with Crippen LogP contribution in [0, 0.1) is 0 Å². The summed E-state index contributed by atoms with van der Waals surface area (Å²) >= 11 is 1.47. The van der Waals surface area contributed by atoms with Gasteiger partial charge in [-0.15, -0.1) is 36.2 Å². The van der Waals surface area contributed by atoms with Gasteiger partial charge in [0.15, 0.2) is 11.7 Å². The minimum Gasteiger partial charge on any atom is -0.409 e. The molecule has 142 valence electrons. The molecule has 9 nitrogen and oxygen atoms in total. The third-order valence-corrected chi connectivity index (χ3v) is 4.40. The minimum absolute atomic E-state index is 0. The molecule has 12 heteroatoms. The average Bonchev–Trinajstić information content (AvgIpc) is 3.17. The van der Waals surface area contributed by atoms with Gasteiger partial charge in [0.05, 0.1) is 4.88 Å². The largest absolute Gasteiger partial charge is 0.409 e. The number of hydrogen-bond donors (Lipinski definition) is 4. The zero-order chi connectivity index (χ0) is 17.8. The standard InChI is InChI=1S/C15H13N7O2S.2ClH/c16-13(21-23)10-3-1-8(5-18-10)12-7-20-15(25-12)9-2-4-11(19-6-9)14(17)22-24;;/h1-7,23-24H,(H2,16,21)(H2,17,22);2*1H. The Morgan fingerprint density at radius 2 is 1.30 bits per heavy atom. The first-order chi connectivity index (χ1) is 12.1. The van der Waals surface area contributed by atoms with Crippen molar-refractivity contribution in [3.8, 4) is 21.0 Å². The quantitative estimate of drug-likeness (QED) is 0.215. The molecule has 0 saturated carbocycles. The summed E-state index contributed by atoms with van der Waals surface area (Å²) in [5.41, 5.74) is 13.4. The van der Waals surface area contributed by atoms with Crippen LogP contribution in [0.2, 0.25) is 0 Å². The minimum atomic E-state index is -0.0526. The predicted molar refractivity (Wildman–Crippen MR) is 108 cm³/mol. The number of nitrogens with two attached hydrogens (primary N) is 2. The van der Waals surface area contributed by atoms with E-state index < -0.39 is 0 Å². The van der Waals surface area contributed by atoms with E-state index in [0.717, 1.165) is 21.0 Å². The maximum absolute atomic E-state index is 8.65. The van der Waals surface area contributed by atoms with E-state index in [-0.39, 0.29) is 36.5 Å². The zero-order valence-corrected chi connectivity index (χ0v) is 16.0. The van der Waals surface area contributed by atoms with E-state index in [2.05, 4.69) is 25.3 Å². The molecule has 0 atom stereocenters. The molecule has 3 rings (SSSR count). The third-order valence-electron chi connectivity index (χ3n) is 3.30. The summed E-state index contributed by atoms with van der Waals surface area (Å²) in [5.74, 6) is -0.100. The molecule has 0 amide bonds. The Morgan fingerprint density at radius 3 is 1.74 bits per heavy atom. The van der Waals surface area contributed by atoms with Crippen molar-refractivity contribution in [1.82, 2.24) is 15.0 Å².